The van der Waals surface area contributed by atoms with E-state index < -0.39 is 0 Å². The minimum Gasteiger partial charge on any atom is -0.497 e. The van der Waals surface area contributed by atoms with E-state index in [1.807, 2.05) is 24.3 Å². The molecule has 3 aliphatic rings. The molecule has 3 heterocycles. The quantitative estimate of drug-likeness (QED) is 0.756. The molecule has 2 aromatic carbocycles. The summed E-state index contributed by atoms with van der Waals surface area (Å²) >= 11 is 0. The molecule has 0 aliphatic carbocycles. The first-order chi connectivity index (χ1) is 16.1. The molecule has 0 bridgehead atoms. The van der Waals surface area contributed by atoms with Gasteiger partial charge in [0.25, 0.3) is 0 Å². The van der Waals surface area contributed by atoms with Crippen LogP contribution in [0.25, 0.3) is 11.1 Å². The average molecular weight is 451 g/mol. The number of benzene rings is 2. The zero-order chi connectivity index (χ0) is 22.9. The van der Waals surface area contributed by atoms with Gasteiger partial charge < -0.3 is 24.4 Å². The SMILES string of the molecule is COc1ccc(-c2ccc([C@@H]3[C@@H](CO)N4C(=O)CN(C(=O)C5CCOCC5)C[C@H]34)cc2)cc1. The third kappa shape index (κ3) is 4.00. The van der Waals surface area contributed by atoms with Crippen molar-refractivity contribution in [3.63, 3.8) is 0 Å². The molecule has 7 nitrogen and oxygen atoms in total. The highest BCUT2D eigenvalue weighted by Crippen LogP contribution is 2.43. The molecular weight excluding hydrogens is 420 g/mol. The van der Waals surface area contributed by atoms with Crippen LogP contribution in [0.2, 0.25) is 0 Å². The van der Waals surface area contributed by atoms with Crippen molar-refractivity contribution in [3.8, 4) is 16.9 Å². The number of aliphatic hydroxyl groups excluding tert-OH is 1. The number of rotatable bonds is 5. The van der Waals surface area contributed by atoms with Crippen LogP contribution in [-0.2, 0) is 14.3 Å². The first-order valence-corrected chi connectivity index (χ1v) is 11.6. The fraction of sp³-hybridized carbons (Fsp3) is 0.462. The lowest BCUT2D eigenvalue weighted by Crippen LogP contribution is -2.73. The third-order valence-corrected chi connectivity index (χ3v) is 7.35. The van der Waals surface area contributed by atoms with Crippen LogP contribution in [0.4, 0.5) is 0 Å². The Morgan fingerprint density at radius 3 is 2.30 bits per heavy atom. The zero-order valence-corrected chi connectivity index (χ0v) is 18.9. The lowest BCUT2D eigenvalue weighted by atomic mass is 9.73. The first kappa shape index (κ1) is 21.9. The number of amides is 2. The normalized spacial score (nSPS) is 25.4. The molecule has 174 valence electrons. The van der Waals surface area contributed by atoms with Crippen LogP contribution in [0, 0.1) is 5.92 Å². The second kappa shape index (κ2) is 9.15. The smallest absolute Gasteiger partial charge is 0.242 e. The summed E-state index contributed by atoms with van der Waals surface area (Å²) in [7, 11) is 1.65. The standard InChI is InChI=1S/C26H30N2O5/c1-32-21-8-6-18(7-9-21)17-2-4-19(5-3-17)25-22-14-27(15-24(30)28(22)23(25)16-29)26(31)20-10-12-33-13-11-20/h2-9,20,22-23,25,29H,10-16H2,1H3/t22-,23-,25+/m1/s1. The summed E-state index contributed by atoms with van der Waals surface area (Å²) in [5.41, 5.74) is 3.27. The maximum atomic E-state index is 13.1. The molecule has 0 aromatic heterocycles. The predicted molar refractivity (Wildman–Crippen MR) is 123 cm³/mol. The minimum atomic E-state index is -0.241. The van der Waals surface area contributed by atoms with Gasteiger partial charge in [0.15, 0.2) is 0 Å². The molecule has 3 fully saturated rings. The topological polar surface area (TPSA) is 79.3 Å². The molecule has 1 N–H and O–H groups in total. The molecule has 2 aromatic rings. The zero-order valence-electron chi connectivity index (χ0n) is 18.9. The van der Waals surface area contributed by atoms with Crippen molar-refractivity contribution in [2.45, 2.75) is 30.8 Å². The van der Waals surface area contributed by atoms with Gasteiger partial charge in [0.2, 0.25) is 11.8 Å². The van der Waals surface area contributed by atoms with Gasteiger partial charge in [-0.1, -0.05) is 36.4 Å². The number of piperazine rings is 1. The molecule has 3 atom stereocenters. The fourth-order valence-corrected chi connectivity index (χ4v) is 5.55. The molecule has 0 saturated carbocycles. The number of fused-ring (bicyclic) bond motifs is 1. The minimum absolute atomic E-state index is 0.00848. The Balaban J connectivity index is 1.34. The van der Waals surface area contributed by atoms with Gasteiger partial charge in [-0.3, -0.25) is 9.59 Å². The maximum Gasteiger partial charge on any atom is 0.242 e. The monoisotopic (exact) mass is 450 g/mol. The number of ether oxygens (including phenoxy) is 2. The molecular formula is C26H30N2O5. The Morgan fingerprint density at radius 1 is 1.06 bits per heavy atom. The Morgan fingerprint density at radius 2 is 1.70 bits per heavy atom. The molecule has 2 amide bonds. The lowest BCUT2D eigenvalue weighted by Gasteiger charge is -2.59. The second-order valence-corrected chi connectivity index (χ2v) is 9.10. The third-order valence-electron chi connectivity index (χ3n) is 7.35. The Kier molecular flexibility index (Phi) is 6.08. The highest BCUT2D eigenvalue weighted by Gasteiger charge is 2.54. The van der Waals surface area contributed by atoms with Gasteiger partial charge in [0.1, 0.15) is 5.75 Å². The highest BCUT2D eigenvalue weighted by atomic mass is 16.5. The Bertz CT molecular complexity index is 1000. The maximum absolute atomic E-state index is 13.1. The summed E-state index contributed by atoms with van der Waals surface area (Å²) in [4.78, 5) is 29.5. The largest absolute Gasteiger partial charge is 0.497 e. The van der Waals surface area contributed by atoms with E-state index in [4.69, 9.17) is 9.47 Å². The molecule has 7 heteroatoms. The van der Waals surface area contributed by atoms with Crippen molar-refractivity contribution in [2.75, 3.05) is 40.0 Å². The van der Waals surface area contributed by atoms with E-state index in [1.165, 1.54) is 0 Å². The number of aliphatic hydroxyl groups is 1. The molecule has 5 rings (SSSR count). The number of hydrogen-bond acceptors (Lipinski definition) is 5. The summed E-state index contributed by atoms with van der Waals surface area (Å²) in [6, 6.07) is 15.9. The number of carbonyl (C=O) groups excluding carboxylic acids is 2. The summed E-state index contributed by atoms with van der Waals surface area (Å²) in [6.45, 7) is 1.74. The molecule has 3 aliphatic heterocycles. The molecule has 0 unspecified atom stereocenters. The summed E-state index contributed by atoms with van der Waals surface area (Å²) in [5, 5.41) is 10.0. The van der Waals surface area contributed by atoms with Crippen LogP contribution >= 0.6 is 0 Å². The van der Waals surface area contributed by atoms with E-state index in [-0.39, 0.29) is 48.9 Å². The van der Waals surface area contributed by atoms with Gasteiger partial charge >= 0.3 is 0 Å². The van der Waals surface area contributed by atoms with E-state index in [1.54, 1.807) is 16.9 Å². The van der Waals surface area contributed by atoms with Gasteiger partial charge in [-0.25, -0.2) is 0 Å². The molecule has 3 saturated heterocycles. The van der Waals surface area contributed by atoms with E-state index in [0.717, 1.165) is 22.4 Å². The van der Waals surface area contributed by atoms with Crippen molar-refractivity contribution in [3.05, 3.63) is 54.1 Å². The predicted octanol–water partition coefficient (Wildman–Crippen LogP) is 2.29. The summed E-state index contributed by atoms with van der Waals surface area (Å²) in [6.07, 6.45) is 1.43. The van der Waals surface area contributed by atoms with E-state index in [0.29, 0.717) is 32.6 Å². The van der Waals surface area contributed by atoms with Crippen LogP contribution in [0.15, 0.2) is 48.5 Å². The van der Waals surface area contributed by atoms with Crippen LogP contribution in [0.1, 0.15) is 24.3 Å². The summed E-state index contributed by atoms with van der Waals surface area (Å²) in [5.74, 6) is 0.755. The molecule has 0 radical (unpaired) electrons. The van der Waals surface area contributed by atoms with Gasteiger partial charge in [0.05, 0.1) is 32.3 Å². The van der Waals surface area contributed by atoms with E-state index in [2.05, 4.69) is 24.3 Å². The van der Waals surface area contributed by atoms with Crippen LogP contribution < -0.4 is 4.74 Å². The van der Waals surface area contributed by atoms with E-state index in [9.17, 15) is 14.7 Å². The fourth-order valence-electron chi connectivity index (χ4n) is 5.55. The van der Waals surface area contributed by atoms with Crippen molar-refractivity contribution >= 4 is 11.8 Å². The van der Waals surface area contributed by atoms with Gasteiger partial charge in [-0.05, 0) is 41.7 Å². The average Bonchev–Trinajstić information content (AvgIpc) is 2.86. The van der Waals surface area contributed by atoms with Crippen LogP contribution in [0.3, 0.4) is 0 Å². The van der Waals surface area contributed by atoms with E-state index >= 15 is 0 Å². The molecule has 0 spiro atoms. The van der Waals surface area contributed by atoms with Crippen LogP contribution in [0.5, 0.6) is 5.75 Å². The Labute approximate surface area is 193 Å². The van der Waals surface area contributed by atoms with Crippen LogP contribution in [-0.4, -0.2) is 78.8 Å². The first-order valence-electron chi connectivity index (χ1n) is 11.6. The second-order valence-electron chi connectivity index (χ2n) is 9.10. The van der Waals surface area contributed by atoms with Crippen molar-refractivity contribution in [1.29, 1.82) is 0 Å². The highest BCUT2D eigenvalue weighted by molar-refractivity contribution is 5.88. The summed E-state index contributed by atoms with van der Waals surface area (Å²) < 4.78 is 10.6. The van der Waals surface area contributed by atoms with Crippen molar-refractivity contribution in [2.24, 2.45) is 5.92 Å². The number of hydrogen-bond donors (Lipinski definition) is 1. The number of methoxy groups -OCH3 is 1. The van der Waals surface area contributed by atoms with Crippen molar-refractivity contribution < 1.29 is 24.2 Å². The number of nitrogens with zero attached hydrogens (tertiary/aromatic N) is 2. The molecule has 33 heavy (non-hydrogen) atoms. The Hall–Kier alpha value is -2.90. The number of carbonyl (C=O) groups is 2. The van der Waals surface area contributed by atoms with Crippen molar-refractivity contribution in [1.82, 2.24) is 9.80 Å². The lowest BCUT2D eigenvalue weighted by molar-refractivity contribution is -0.169. The van der Waals surface area contributed by atoms with Gasteiger partial charge in [-0.2, -0.15) is 0 Å². The van der Waals surface area contributed by atoms with Gasteiger partial charge in [0, 0.05) is 31.6 Å². The van der Waals surface area contributed by atoms with Gasteiger partial charge in [-0.15, -0.1) is 0 Å².